The summed E-state index contributed by atoms with van der Waals surface area (Å²) in [5.74, 6) is 1.40. The van der Waals surface area contributed by atoms with Crippen LogP contribution in [0.2, 0.25) is 0 Å². The van der Waals surface area contributed by atoms with Crippen molar-refractivity contribution in [2.75, 3.05) is 6.61 Å². The summed E-state index contributed by atoms with van der Waals surface area (Å²) in [6, 6.07) is 0. The first-order chi connectivity index (χ1) is 8.04. The zero-order valence-electron chi connectivity index (χ0n) is 11.7. The summed E-state index contributed by atoms with van der Waals surface area (Å²) in [5, 5.41) is 10.0. The topological polar surface area (TPSA) is 29.5 Å². The average molecular weight is 236 g/mol. The molecule has 0 aliphatic rings. The molecule has 0 radical (unpaired) electrons. The van der Waals surface area contributed by atoms with E-state index in [1.165, 1.54) is 0 Å². The SMILES string of the molecule is CCCCOc1c(C)c(C)c(O)c(C)c1CC. The summed E-state index contributed by atoms with van der Waals surface area (Å²) in [6.07, 6.45) is 3.10. The van der Waals surface area contributed by atoms with E-state index in [0.717, 1.165) is 53.9 Å². The molecule has 0 aromatic heterocycles. The third-order valence-corrected chi connectivity index (χ3v) is 3.44. The number of aromatic hydroxyl groups is 1. The highest BCUT2D eigenvalue weighted by Gasteiger charge is 2.16. The van der Waals surface area contributed by atoms with Gasteiger partial charge in [0.2, 0.25) is 0 Å². The lowest BCUT2D eigenvalue weighted by atomic mass is 9.96. The smallest absolute Gasteiger partial charge is 0.126 e. The van der Waals surface area contributed by atoms with Crippen molar-refractivity contribution in [2.45, 2.75) is 53.9 Å². The molecule has 17 heavy (non-hydrogen) atoms. The van der Waals surface area contributed by atoms with Gasteiger partial charge in [-0.05, 0) is 50.3 Å². The van der Waals surface area contributed by atoms with Crippen molar-refractivity contribution >= 4 is 0 Å². The Bertz CT molecular complexity index is 395. The van der Waals surface area contributed by atoms with Crippen molar-refractivity contribution in [3.63, 3.8) is 0 Å². The monoisotopic (exact) mass is 236 g/mol. The van der Waals surface area contributed by atoms with Crippen LogP contribution in [0.5, 0.6) is 11.5 Å². The zero-order valence-corrected chi connectivity index (χ0v) is 11.7. The quantitative estimate of drug-likeness (QED) is 0.781. The third-order valence-electron chi connectivity index (χ3n) is 3.44. The molecular formula is C15H24O2. The highest BCUT2D eigenvalue weighted by Crippen LogP contribution is 2.37. The Hall–Kier alpha value is -1.18. The Labute approximate surface area is 105 Å². The Morgan fingerprint density at radius 2 is 1.65 bits per heavy atom. The van der Waals surface area contributed by atoms with Gasteiger partial charge in [0.15, 0.2) is 0 Å². The zero-order chi connectivity index (χ0) is 13.0. The van der Waals surface area contributed by atoms with E-state index < -0.39 is 0 Å². The summed E-state index contributed by atoms with van der Waals surface area (Å²) >= 11 is 0. The van der Waals surface area contributed by atoms with Gasteiger partial charge >= 0.3 is 0 Å². The summed E-state index contributed by atoms with van der Waals surface area (Å²) in [7, 11) is 0. The van der Waals surface area contributed by atoms with Crippen LogP contribution in [-0.2, 0) is 6.42 Å². The molecule has 0 aliphatic carbocycles. The fourth-order valence-electron chi connectivity index (χ4n) is 2.11. The normalized spacial score (nSPS) is 10.6. The molecule has 0 aliphatic heterocycles. The van der Waals surface area contributed by atoms with Gasteiger partial charge in [-0.15, -0.1) is 0 Å². The van der Waals surface area contributed by atoms with Crippen LogP contribution in [0.1, 0.15) is 48.9 Å². The number of hydrogen-bond acceptors (Lipinski definition) is 2. The van der Waals surface area contributed by atoms with E-state index >= 15 is 0 Å². The van der Waals surface area contributed by atoms with Gasteiger partial charge in [-0.1, -0.05) is 20.3 Å². The summed E-state index contributed by atoms with van der Waals surface area (Å²) in [6.45, 7) is 11.0. The standard InChI is InChI=1S/C15H24O2/c1-6-8-9-17-15-11(4)10(3)14(16)12(5)13(15)7-2/h16H,6-9H2,1-5H3. The van der Waals surface area contributed by atoms with Crippen LogP contribution in [0, 0.1) is 20.8 Å². The van der Waals surface area contributed by atoms with Gasteiger partial charge in [0.1, 0.15) is 11.5 Å². The van der Waals surface area contributed by atoms with Crippen molar-refractivity contribution in [3.05, 3.63) is 22.3 Å². The predicted molar refractivity (Wildman–Crippen MR) is 72.1 cm³/mol. The van der Waals surface area contributed by atoms with Crippen LogP contribution in [0.15, 0.2) is 0 Å². The van der Waals surface area contributed by atoms with Crippen LogP contribution in [0.4, 0.5) is 0 Å². The first-order valence-electron chi connectivity index (χ1n) is 6.48. The fourth-order valence-corrected chi connectivity index (χ4v) is 2.11. The maximum atomic E-state index is 10.0. The summed E-state index contributed by atoms with van der Waals surface area (Å²) in [5.41, 5.74) is 4.11. The molecule has 1 aromatic carbocycles. The maximum Gasteiger partial charge on any atom is 0.126 e. The molecule has 0 saturated carbocycles. The summed E-state index contributed by atoms with van der Waals surface area (Å²) < 4.78 is 5.90. The maximum absolute atomic E-state index is 10.0. The van der Waals surface area contributed by atoms with E-state index in [0.29, 0.717) is 5.75 Å². The fraction of sp³-hybridized carbons (Fsp3) is 0.600. The number of hydrogen-bond donors (Lipinski definition) is 1. The minimum atomic E-state index is 0.419. The van der Waals surface area contributed by atoms with Crippen molar-refractivity contribution in [2.24, 2.45) is 0 Å². The number of ether oxygens (including phenoxy) is 1. The highest BCUT2D eigenvalue weighted by molar-refractivity contribution is 5.57. The minimum absolute atomic E-state index is 0.419. The third kappa shape index (κ3) is 2.74. The molecule has 0 heterocycles. The molecule has 1 rings (SSSR count). The van der Waals surface area contributed by atoms with Crippen LogP contribution < -0.4 is 4.74 Å². The van der Waals surface area contributed by atoms with Crippen LogP contribution in [0.25, 0.3) is 0 Å². The highest BCUT2D eigenvalue weighted by atomic mass is 16.5. The summed E-state index contributed by atoms with van der Waals surface area (Å²) in [4.78, 5) is 0. The van der Waals surface area contributed by atoms with Gasteiger partial charge in [-0.3, -0.25) is 0 Å². The second-order valence-electron chi connectivity index (χ2n) is 4.59. The second-order valence-corrected chi connectivity index (χ2v) is 4.59. The van der Waals surface area contributed by atoms with Crippen molar-refractivity contribution in [1.82, 2.24) is 0 Å². The van der Waals surface area contributed by atoms with Crippen LogP contribution >= 0.6 is 0 Å². The Morgan fingerprint density at radius 3 is 2.18 bits per heavy atom. The lowest BCUT2D eigenvalue weighted by Gasteiger charge is -2.19. The molecule has 0 spiro atoms. The van der Waals surface area contributed by atoms with Crippen molar-refractivity contribution < 1.29 is 9.84 Å². The first-order valence-corrected chi connectivity index (χ1v) is 6.48. The lowest BCUT2D eigenvalue weighted by Crippen LogP contribution is -2.05. The molecule has 0 fully saturated rings. The van der Waals surface area contributed by atoms with E-state index in [2.05, 4.69) is 13.8 Å². The molecule has 2 nitrogen and oxygen atoms in total. The van der Waals surface area contributed by atoms with Crippen molar-refractivity contribution in [3.8, 4) is 11.5 Å². The molecule has 2 heteroatoms. The number of phenolic OH excluding ortho intramolecular Hbond substituents is 1. The van der Waals surface area contributed by atoms with Gasteiger partial charge in [-0.25, -0.2) is 0 Å². The number of benzene rings is 1. The van der Waals surface area contributed by atoms with Gasteiger partial charge < -0.3 is 9.84 Å². The largest absolute Gasteiger partial charge is 0.507 e. The van der Waals surface area contributed by atoms with E-state index in [4.69, 9.17) is 4.74 Å². The molecule has 0 amide bonds. The molecular weight excluding hydrogens is 212 g/mol. The van der Waals surface area contributed by atoms with Gasteiger partial charge in [0.25, 0.3) is 0 Å². The molecule has 96 valence electrons. The second kappa shape index (κ2) is 5.95. The van der Waals surface area contributed by atoms with Gasteiger partial charge in [0, 0.05) is 5.56 Å². The van der Waals surface area contributed by atoms with E-state index in [1.807, 2.05) is 20.8 Å². The molecule has 0 unspecified atom stereocenters. The van der Waals surface area contributed by atoms with E-state index in [9.17, 15) is 5.11 Å². The molecule has 0 bridgehead atoms. The minimum Gasteiger partial charge on any atom is -0.507 e. The molecule has 1 N–H and O–H groups in total. The van der Waals surface area contributed by atoms with E-state index in [-0.39, 0.29) is 0 Å². The van der Waals surface area contributed by atoms with Crippen LogP contribution in [0.3, 0.4) is 0 Å². The molecule has 0 atom stereocenters. The first kappa shape index (κ1) is 13.9. The predicted octanol–water partition coefficient (Wildman–Crippen LogP) is 4.06. The Kier molecular flexibility index (Phi) is 4.86. The van der Waals surface area contributed by atoms with Gasteiger partial charge in [-0.2, -0.15) is 0 Å². The Balaban J connectivity index is 3.17. The van der Waals surface area contributed by atoms with Crippen LogP contribution in [-0.4, -0.2) is 11.7 Å². The number of unbranched alkanes of at least 4 members (excludes halogenated alkanes) is 1. The average Bonchev–Trinajstić information content (AvgIpc) is 2.33. The molecule has 0 saturated heterocycles. The number of rotatable bonds is 5. The Morgan fingerprint density at radius 1 is 1.00 bits per heavy atom. The molecule has 1 aromatic rings. The van der Waals surface area contributed by atoms with Gasteiger partial charge in [0.05, 0.1) is 6.61 Å². The van der Waals surface area contributed by atoms with E-state index in [1.54, 1.807) is 0 Å². The lowest BCUT2D eigenvalue weighted by molar-refractivity contribution is 0.303. The number of phenols is 1. The van der Waals surface area contributed by atoms with Crippen molar-refractivity contribution in [1.29, 1.82) is 0 Å².